The van der Waals surface area contributed by atoms with Crippen LogP contribution in [-0.4, -0.2) is 49.1 Å². The average Bonchev–Trinajstić information content (AvgIpc) is 2.65. The third-order valence-corrected chi connectivity index (χ3v) is 4.25. The van der Waals surface area contributed by atoms with Crippen LogP contribution in [0.25, 0.3) is 6.08 Å². The molecule has 0 bridgehead atoms. The van der Waals surface area contributed by atoms with Gasteiger partial charge in [0.25, 0.3) is 0 Å². The van der Waals surface area contributed by atoms with Gasteiger partial charge in [-0.3, -0.25) is 9.80 Å². The molecular weight excluding hydrogens is 292 g/mol. The normalized spacial score (nSPS) is 16.0. The van der Waals surface area contributed by atoms with E-state index >= 15 is 0 Å². The lowest BCUT2D eigenvalue weighted by Gasteiger charge is -2.32. The Bertz CT molecular complexity index is 687. The fourth-order valence-electron chi connectivity index (χ4n) is 2.81. The van der Waals surface area contributed by atoms with Crippen molar-refractivity contribution in [2.24, 2.45) is 0 Å². The van der Waals surface area contributed by atoms with Gasteiger partial charge in [-0.25, -0.2) is 0 Å². The summed E-state index contributed by atoms with van der Waals surface area (Å²) in [6, 6.07) is 20.7. The van der Waals surface area contributed by atoms with Gasteiger partial charge in [0.1, 0.15) is 0 Å². The van der Waals surface area contributed by atoms with Gasteiger partial charge in [0.05, 0.1) is 6.54 Å². The highest BCUT2D eigenvalue weighted by atomic mass is 15.3. The van der Waals surface area contributed by atoms with Crippen LogP contribution in [-0.2, 0) is 0 Å². The number of benzene rings is 2. The molecule has 1 aliphatic heterocycles. The van der Waals surface area contributed by atoms with Crippen molar-refractivity contribution >= 4 is 6.08 Å². The molecule has 3 rings (SSSR count). The highest BCUT2D eigenvalue weighted by molar-refractivity contribution is 5.48. The van der Waals surface area contributed by atoms with E-state index < -0.39 is 0 Å². The summed E-state index contributed by atoms with van der Waals surface area (Å²) in [5, 5.41) is 0. The second-order valence-electron chi connectivity index (χ2n) is 6.06. The fourth-order valence-corrected chi connectivity index (χ4v) is 2.81. The number of nitrogens with zero attached hydrogens (tertiary/aromatic N) is 2. The van der Waals surface area contributed by atoms with Gasteiger partial charge in [-0.05, 0) is 17.7 Å². The van der Waals surface area contributed by atoms with E-state index in [9.17, 15) is 0 Å². The molecule has 2 aromatic carbocycles. The predicted octanol–water partition coefficient (Wildman–Crippen LogP) is 3.37. The maximum absolute atomic E-state index is 3.29. The molecule has 0 aromatic heterocycles. The SMILES string of the molecule is C(#Cc1ccccc1)CN1CCN(C/C=C/c2ccccc2)CC1. The fraction of sp³-hybridized carbons (Fsp3) is 0.273. The summed E-state index contributed by atoms with van der Waals surface area (Å²) in [5.74, 6) is 6.53. The summed E-state index contributed by atoms with van der Waals surface area (Å²) in [5.41, 5.74) is 2.37. The van der Waals surface area contributed by atoms with E-state index in [0.29, 0.717) is 0 Å². The zero-order valence-electron chi connectivity index (χ0n) is 14.1. The maximum Gasteiger partial charge on any atom is 0.0606 e. The Morgan fingerprint density at radius 2 is 1.42 bits per heavy atom. The first-order chi connectivity index (χ1) is 11.9. The van der Waals surface area contributed by atoms with Crippen molar-refractivity contribution in [2.45, 2.75) is 0 Å². The van der Waals surface area contributed by atoms with E-state index in [0.717, 1.165) is 44.8 Å². The number of hydrogen-bond acceptors (Lipinski definition) is 2. The van der Waals surface area contributed by atoms with Crippen molar-refractivity contribution < 1.29 is 0 Å². The molecule has 1 aliphatic rings. The van der Waals surface area contributed by atoms with E-state index in [1.54, 1.807) is 0 Å². The molecule has 0 spiro atoms. The van der Waals surface area contributed by atoms with E-state index in [4.69, 9.17) is 0 Å². The summed E-state index contributed by atoms with van der Waals surface area (Å²) < 4.78 is 0. The molecule has 2 heteroatoms. The summed E-state index contributed by atoms with van der Waals surface area (Å²) in [4.78, 5) is 4.94. The molecule has 0 N–H and O–H groups in total. The highest BCUT2D eigenvalue weighted by Crippen LogP contribution is 2.04. The van der Waals surface area contributed by atoms with Gasteiger partial charge in [-0.15, -0.1) is 0 Å². The van der Waals surface area contributed by atoms with Crippen LogP contribution in [0.4, 0.5) is 0 Å². The van der Waals surface area contributed by atoms with Gasteiger partial charge in [0.2, 0.25) is 0 Å². The monoisotopic (exact) mass is 316 g/mol. The molecule has 0 amide bonds. The molecular formula is C22H24N2. The lowest BCUT2D eigenvalue weighted by molar-refractivity contribution is 0.155. The van der Waals surface area contributed by atoms with Crippen LogP contribution in [0, 0.1) is 11.8 Å². The largest absolute Gasteiger partial charge is 0.297 e. The van der Waals surface area contributed by atoms with Gasteiger partial charge < -0.3 is 0 Å². The zero-order valence-corrected chi connectivity index (χ0v) is 14.1. The first-order valence-electron chi connectivity index (χ1n) is 8.60. The number of rotatable bonds is 4. The highest BCUT2D eigenvalue weighted by Gasteiger charge is 2.14. The molecule has 2 nitrogen and oxygen atoms in total. The zero-order chi connectivity index (χ0) is 16.5. The van der Waals surface area contributed by atoms with Crippen molar-refractivity contribution in [1.82, 2.24) is 9.80 Å². The van der Waals surface area contributed by atoms with Crippen molar-refractivity contribution in [1.29, 1.82) is 0 Å². The molecule has 1 fully saturated rings. The first kappa shape index (κ1) is 16.5. The molecule has 1 saturated heterocycles. The first-order valence-corrected chi connectivity index (χ1v) is 8.60. The Hall–Kier alpha value is -2.34. The van der Waals surface area contributed by atoms with Gasteiger partial charge in [-0.1, -0.05) is 72.5 Å². The minimum absolute atomic E-state index is 0.864. The minimum Gasteiger partial charge on any atom is -0.297 e. The van der Waals surface area contributed by atoms with E-state index in [1.807, 2.05) is 18.2 Å². The topological polar surface area (TPSA) is 6.48 Å². The molecule has 122 valence electrons. The predicted molar refractivity (Wildman–Crippen MR) is 102 cm³/mol. The van der Waals surface area contributed by atoms with Crippen LogP contribution in [0.15, 0.2) is 66.7 Å². The summed E-state index contributed by atoms with van der Waals surface area (Å²) in [7, 11) is 0. The Kier molecular flexibility index (Phi) is 6.25. The van der Waals surface area contributed by atoms with Crippen molar-refractivity contribution in [3.63, 3.8) is 0 Å². The van der Waals surface area contributed by atoms with Gasteiger partial charge >= 0.3 is 0 Å². The van der Waals surface area contributed by atoms with Crippen LogP contribution in [0.5, 0.6) is 0 Å². The van der Waals surface area contributed by atoms with Gasteiger partial charge in [0.15, 0.2) is 0 Å². The maximum atomic E-state index is 3.29. The van der Waals surface area contributed by atoms with E-state index in [1.165, 1.54) is 5.56 Å². The van der Waals surface area contributed by atoms with Crippen LogP contribution in [0.3, 0.4) is 0 Å². The molecule has 0 atom stereocenters. The van der Waals surface area contributed by atoms with Crippen LogP contribution >= 0.6 is 0 Å². The standard InChI is InChI=1S/C22H24N2/c1-3-9-21(10-4-1)13-7-15-23-17-19-24(20-18-23)16-8-14-22-11-5-2-6-12-22/h1-7,9-13H,15-20H2/b13-7+. The third-order valence-electron chi connectivity index (χ3n) is 4.25. The second kappa shape index (κ2) is 9.08. The van der Waals surface area contributed by atoms with Crippen molar-refractivity contribution in [3.8, 4) is 11.8 Å². The quantitative estimate of drug-likeness (QED) is 0.798. The molecule has 24 heavy (non-hydrogen) atoms. The average molecular weight is 316 g/mol. The molecule has 1 heterocycles. The molecule has 0 aliphatic carbocycles. The Labute approximate surface area is 145 Å². The number of hydrogen-bond donors (Lipinski definition) is 0. The molecule has 0 saturated carbocycles. The summed E-state index contributed by atoms with van der Waals surface area (Å²) in [6.07, 6.45) is 4.47. The van der Waals surface area contributed by atoms with Crippen LogP contribution < -0.4 is 0 Å². The van der Waals surface area contributed by atoms with Crippen LogP contribution in [0.1, 0.15) is 11.1 Å². The van der Waals surface area contributed by atoms with E-state index in [-0.39, 0.29) is 0 Å². The Morgan fingerprint density at radius 1 is 0.792 bits per heavy atom. The Morgan fingerprint density at radius 3 is 2.12 bits per heavy atom. The summed E-state index contributed by atoms with van der Waals surface area (Å²) in [6.45, 7) is 6.32. The molecule has 0 radical (unpaired) electrons. The molecule has 2 aromatic rings. The minimum atomic E-state index is 0.864. The lowest BCUT2D eigenvalue weighted by atomic mass is 10.2. The third kappa shape index (κ3) is 5.38. The molecule has 0 unspecified atom stereocenters. The van der Waals surface area contributed by atoms with Crippen LogP contribution in [0.2, 0.25) is 0 Å². The van der Waals surface area contributed by atoms with Gasteiger partial charge in [0, 0.05) is 38.3 Å². The van der Waals surface area contributed by atoms with Crippen molar-refractivity contribution in [3.05, 3.63) is 77.9 Å². The lowest BCUT2D eigenvalue weighted by Crippen LogP contribution is -2.46. The second-order valence-corrected chi connectivity index (χ2v) is 6.06. The van der Waals surface area contributed by atoms with E-state index in [2.05, 4.69) is 76.3 Å². The Balaban J connectivity index is 1.38. The van der Waals surface area contributed by atoms with Crippen molar-refractivity contribution in [2.75, 3.05) is 39.3 Å². The summed E-state index contributed by atoms with van der Waals surface area (Å²) >= 11 is 0. The van der Waals surface area contributed by atoms with Gasteiger partial charge in [-0.2, -0.15) is 0 Å². The number of piperazine rings is 1. The smallest absolute Gasteiger partial charge is 0.0606 e.